The molecule has 1 aliphatic carbocycles. The number of amides is 2. The zero-order valence-corrected chi connectivity index (χ0v) is 15.2. The number of aromatic amines is 1. The summed E-state index contributed by atoms with van der Waals surface area (Å²) in [6.07, 6.45) is 5.90. The van der Waals surface area contributed by atoms with Crippen LogP contribution in [-0.2, 0) is 0 Å². The fourth-order valence-electron chi connectivity index (χ4n) is 4.25. The molecule has 3 N–H and O–H groups in total. The highest BCUT2D eigenvalue weighted by molar-refractivity contribution is 5.93. The van der Waals surface area contributed by atoms with Crippen molar-refractivity contribution in [2.75, 3.05) is 5.32 Å². The predicted molar refractivity (Wildman–Crippen MR) is 104 cm³/mol. The molecule has 2 aliphatic rings. The van der Waals surface area contributed by atoms with Gasteiger partial charge in [-0.05, 0) is 49.9 Å². The van der Waals surface area contributed by atoms with Gasteiger partial charge in [0.2, 0.25) is 0 Å². The second kappa shape index (κ2) is 6.01. The molecule has 2 aromatic carbocycles. The third-order valence-electron chi connectivity index (χ3n) is 5.79. The smallest absolute Gasteiger partial charge is 0.319 e. The van der Waals surface area contributed by atoms with E-state index in [2.05, 4.69) is 20.8 Å². The van der Waals surface area contributed by atoms with E-state index in [-0.39, 0.29) is 17.7 Å². The molecule has 1 aromatic heterocycles. The molecule has 1 spiro atoms. The molecule has 1 unspecified atom stereocenters. The second-order valence-electron chi connectivity index (χ2n) is 7.66. The number of nitrogens with one attached hydrogen (secondary N) is 3. The summed E-state index contributed by atoms with van der Waals surface area (Å²) in [7, 11) is 0. The molecule has 3 aromatic rings. The first-order valence-corrected chi connectivity index (χ1v) is 9.41. The van der Waals surface area contributed by atoms with Gasteiger partial charge in [-0.2, -0.15) is 5.10 Å². The lowest BCUT2D eigenvalue weighted by Crippen LogP contribution is -2.50. The van der Waals surface area contributed by atoms with E-state index in [1.54, 1.807) is 6.20 Å². The van der Waals surface area contributed by atoms with E-state index in [1.165, 1.54) is 6.42 Å². The van der Waals surface area contributed by atoms with Crippen molar-refractivity contribution in [1.29, 1.82) is 0 Å². The number of carbonyl (C=O) groups is 1. The molecule has 2 heterocycles. The monoisotopic (exact) mass is 362 g/mol. The fraction of sp³-hybridized carbons (Fsp3) is 0.333. The highest BCUT2D eigenvalue weighted by atomic mass is 16.5. The number of fused-ring (bicyclic) bond motifs is 2. The Morgan fingerprint density at radius 3 is 2.96 bits per heavy atom. The number of rotatable bonds is 2. The minimum atomic E-state index is -0.204. The Labute approximate surface area is 157 Å². The third-order valence-corrected chi connectivity index (χ3v) is 5.79. The van der Waals surface area contributed by atoms with Crippen molar-refractivity contribution in [1.82, 2.24) is 15.5 Å². The number of H-pyrrole nitrogens is 1. The summed E-state index contributed by atoms with van der Waals surface area (Å²) in [4.78, 5) is 12.7. The van der Waals surface area contributed by atoms with Crippen molar-refractivity contribution in [2.24, 2.45) is 0 Å². The molecule has 6 heteroatoms. The molecular weight excluding hydrogens is 340 g/mol. The minimum absolute atomic E-state index is 0.0489. The summed E-state index contributed by atoms with van der Waals surface area (Å²) in [5.74, 6) is 0.892. The van der Waals surface area contributed by atoms with E-state index in [4.69, 9.17) is 4.74 Å². The summed E-state index contributed by atoms with van der Waals surface area (Å²) < 4.78 is 6.26. The van der Waals surface area contributed by atoms with Gasteiger partial charge in [0, 0.05) is 23.1 Å². The lowest BCUT2D eigenvalue weighted by atomic mass is 9.73. The van der Waals surface area contributed by atoms with E-state index in [9.17, 15) is 4.79 Å². The second-order valence-corrected chi connectivity index (χ2v) is 7.66. The maximum atomic E-state index is 12.7. The Kier molecular flexibility index (Phi) is 3.60. The van der Waals surface area contributed by atoms with E-state index in [0.717, 1.165) is 52.7 Å². The number of ether oxygens (including phenoxy) is 1. The predicted octanol–water partition coefficient (Wildman–Crippen LogP) is 4.44. The van der Waals surface area contributed by atoms with E-state index in [0.29, 0.717) is 0 Å². The van der Waals surface area contributed by atoms with Gasteiger partial charge in [-0.3, -0.25) is 5.10 Å². The van der Waals surface area contributed by atoms with Crippen molar-refractivity contribution in [3.63, 3.8) is 0 Å². The van der Waals surface area contributed by atoms with E-state index >= 15 is 0 Å². The van der Waals surface area contributed by atoms with Crippen LogP contribution in [0, 0.1) is 6.92 Å². The van der Waals surface area contributed by atoms with Crippen LogP contribution >= 0.6 is 0 Å². The quantitative estimate of drug-likeness (QED) is 0.630. The van der Waals surface area contributed by atoms with Crippen LogP contribution in [0.5, 0.6) is 5.75 Å². The van der Waals surface area contributed by atoms with Crippen molar-refractivity contribution >= 4 is 22.6 Å². The van der Waals surface area contributed by atoms with Crippen LogP contribution in [0.3, 0.4) is 0 Å². The van der Waals surface area contributed by atoms with Crippen molar-refractivity contribution in [3.8, 4) is 5.75 Å². The Balaban J connectivity index is 1.36. The molecular formula is C21H22N4O2. The van der Waals surface area contributed by atoms with Gasteiger partial charge in [0.25, 0.3) is 0 Å². The summed E-state index contributed by atoms with van der Waals surface area (Å²) in [5, 5.41) is 14.2. The molecule has 2 amide bonds. The molecule has 1 atom stereocenters. The minimum Gasteiger partial charge on any atom is -0.487 e. The number of nitrogens with zero attached hydrogens (tertiary/aromatic N) is 1. The summed E-state index contributed by atoms with van der Waals surface area (Å²) in [6.45, 7) is 2.01. The normalized spacial score (nSPS) is 19.8. The fourth-order valence-corrected chi connectivity index (χ4v) is 4.25. The molecule has 1 aliphatic heterocycles. The first kappa shape index (κ1) is 16.2. The van der Waals surface area contributed by atoms with Gasteiger partial charge in [0.05, 0.1) is 17.8 Å². The van der Waals surface area contributed by atoms with Gasteiger partial charge in [-0.1, -0.05) is 18.2 Å². The lowest BCUT2D eigenvalue weighted by molar-refractivity contribution is -0.0354. The SMILES string of the molecule is Cc1cc(NC(=O)NC2CC3(CCC3)Oc3ccccc32)cc2[nH]ncc12. The van der Waals surface area contributed by atoms with Gasteiger partial charge in [-0.25, -0.2) is 4.79 Å². The third kappa shape index (κ3) is 2.81. The molecule has 1 fully saturated rings. The molecule has 27 heavy (non-hydrogen) atoms. The van der Waals surface area contributed by atoms with Crippen LogP contribution in [0.4, 0.5) is 10.5 Å². The standard InChI is InChI=1S/C21H22N4O2/c1-13-9-14(10-17-16(13)12-22-25-17)23-20(26)24-18-11-21(7-4-8-21)27-19-6-3-2-5-15(18)19/h2-3,5-6,9-10,12,18H,4,7-8,11H2,1H3,(H,22,25)(H2,23,24,26). The summed E-state index contributed by atoms with van der Waals surface area (Å²) in [6, 6.07) is 11.6. The molecule has 5 rings (SSSR count). The number of anilines is 1. The summed E-state index contributed by atoms with van der Waals surface area (Å²) >= 11 is 0. The van der Waals surface area contributed by atoms with Crippen LogP contribution in [-0.4, -0.2) is 21.8 Å². The Morgan fingerprint density at radius 2 is 2.15 bits per heavy atom. The van der Waals surface area contributed by atoms with Crippen molar-refractivity contribution in [2.45, 2.75) is 44.2 Å². The molecule has 0 radical (unpaired) electrons. The maximum Gasteiger partial charge on any atom is 0.319 e. The highest BCUT2D eigenvalue weighted by Crippen LogP contribution is 2.48. The van der Waals surface area contributed by atoms with Crippen molar-refractivity contribution in [3.05, 3.63) is 53.7 Å². The van der Waals surface area contributed by atoms with Gasteiger partial charge in [0.15, 0.2) is 0 Å². The zero-order valence-electron chi connectivity index (χ0n) is 15.2. The van der Waals surface area contributed by atoms with Gasteiger partial charge < -0.3 is 15.4 Å². The highest BCUT2D eigenvalue weighted by Gasteiger charge is 2.45. The number of benzene rings is 2. The largest absolute Gasteiger partial charge is 0.487 e. The Hall–Kier alpha value is -3.02. The zero-order chi connectivity index (χ0) is 18.4. The molecule has 0 saturated heterocycles. The Morgan fingerprint density at radius 1 is 1.30 bits per heavy atom. The maximum absolute atomic E-state index is 12.7. The molecule has 6 nitrogen and oxygen atoms in total. The topological polar surface area (TPSA) is 79.0 Å². The van der Waals surface area contributed by atoms with E-state index in [1.807, 2.05) is 43.3 Å². The number of urea groups is 1. The number of carbonyl (C=O) groups excluding carboxylic acids is 1. The van der Waals surface area contributed by atoms with Gasteiger partial charge in [-0.15, -0.1) is 0 Å². The van der Waals surface area contributed by atoms with Crippen LogP contribution in [0.1, 0.15) is 42.9 Å². The number of aryl methyl sites for hydroxylation is 1. The first-order valence-electron chi connectivity index (χ1n) is 9.41. The first-order chi connectivity index (χ1) is 13.1. The van der Waals surface area contributed by atoms with Gasteiger partial charge >= 0.3 is 6.03 Å². The molecule has 0 bridgehead atoms. The molecule has 138 valence electrons. The number of hydrogen-bond acceptors (Lipinski definition) is 3. The summed E-state index contributed by atoms with van der Waals surface area (Å²) in [5.41, 5.74) is 3.67. The number of para-hydroxylation sites is 1. The molecule has 1 saturated carbocycles. The lowest BCUT2D eigenvalue weighted by Gasteiger charge is -2.48. The van der Waals surface area contributed by atoms with Crippen molar-refractivity contribution < 1.29 is 9.53 Å². The van der Waals surface area contributed by atoms with E-state index < -0.39 is 0 Å². The number of aromatic nitrogens is 2. The average Bonchev–Trinajstić information content (AvgIpc) is 3.09. The average molecular weight is 362 g/mol. The van der Waals surface area contributed by atoms with Crippen LogP contribution in [0.25, 0.3) is 10.9 Å². The number of hydrogen-bond donors (Lipinski definition) is 3. The Bertz CT molecular complexity index is 1020. The van der Waals surface area contributed by atoms with Crippen LogP contribution in [0.2, 0.25) is 0 Å². The van der Waals surface area contributed by atoms with Gasteiger partial charge in [0.1, 0.15) is 11.4 Å². The van der Waals surface area contributed by atoms with Crippen LogP contribution < -0.4 is 15.4 Å². The van der Waals surface area contributed by atoms with Crippen LogP contribution in [0.15, 0.2) is 42.6 Å².